The van der Waals surface area contributed by atoms with Crippen LogP contribution in [0, 0.1) is 5.92 Å². The summed E-state index contributed by atoms with van der Waals surface area (Å²) in [5.74, 6) is 0.896. The number of carbonyl (C=O) groups excluding carboxylic acids is 1. The molecule has 2 aromatic rings. The molecule has 1 aromatic heterocycles. The summed E-state index contributed by atoms with van der Waals surface area (Å²) < 4.78 is 0. The van der Waals surface area contributed by atoms with E-state index in [1.807, 2.05) is 6.92 Å². The van der Waals surface area contributed by atoms with E-state index in [-0.39, 0.29) is 11.8 Å². The molecule has 188 valence electrons. The van der Waals surface area contributed by atoms with E-state index >= 15 is 0 Å². The molecule has 1 aliphatic carbocycles. The van der Waals surface area contributed by atoms with E-state index in [0.717, 1.165) is 57.3 Å². The van der Waals surface area contributed by atoms with Crippen LogP contribution >= 0.6 is 11.3 Å². The van der Waals surface area contributed by atoms with Gasteiger partial charge in [-0.15, -0.1) is 11.3 Å². The molecule has 1 fully saturated rings. The number of anilines is 1. The number of hydrogen-bond donors (Lipinski definition) is 3. The van der Waals surface area contributed by atoms with Gasteiger partial charge in [-0.25, -0.2) is 4.98 Å². The van der Waals surface area contributed by atoms with Crippen molar-refractivity contribution in [3.63, 3.8) is 0 Å². The maximum absolute atomic E-state index is 11.4. The standard InChI is InChI=1S/C25H35N7O2S/c1-16(34-31-22(14-33)23-15-35-25(28)30-23)17-2-3-19-13-20(5-4-18(19)12-17)24(27)29-8-11-32-9-6-21(26)7-10-32/h4-5,13-17,21H,2-3,6-12,26H2,1H3,(H2,27,29)(H2,28,30)/b31-22+. The Hall–Kier alpha value is -2.82. The van der Waals surface area contributed by atoms with Gasteiger partial charge in [0.05, 0.1) is 6.54 Å². The average Bonchev–Trinajstić information content (AvgIpc) is 3.30. The molecule has 35 heavy (non-hydrogen) atoms. The number of fused-ring (bicyclic) bond motifs is 1. The number of oxime groups is 1. The Morgan fingerprint density at radius 1 is 1.31 bits per heavy atom. The fourth-order valence-corrected chi connectivity index (χ4v) is 5.24. The molecule has 2 unspecified atom stereocenters. The third-order valence-electron chi connectivity index (χ3n) is 6.98. The van der Waals surface area contributed by atoms with Gasteiger partial charge in [-0.05, 0) is 69.3 Å². The van der Waals surface area contributed by atoms with E-state index in [2.05, 4.69) is 38.2 Å². The third kappa shape index (κ3) is 6.65. The Kier molecular flexibility index (Phi) is 8.48. The predicted octanol–water partition coefficient (Wildman–Crippen LogP) is 1.97. The van der Waals surface area contributed by atoms with Crippen molar-refractivity contribution in [2.75, 3.05) is 31.9 Å². The summed E-state index contributed by atoms with van der Waals surface area (Å²) >= 11 is 1.26. The molecule has 0 spiro atoms. The molecule has 10 heteroatoms. The van der Waals surface area contributed by atoms with Gasteiger partial charge in [-0.1, -0.05) is 17.3 Å². The largest absolute Gasteiger partial charge is 0.392 e. The van der Waals surface area contributed by atoms with Crippen molar-refractivity contribution in [1.82, 2.24) is 9.88 Å². The average molecular weight is 498 g/mol. The van der Waals surface area contributed by atoms with E-state index < -0.39 is 0 Å². The summed E-state index contributed by atoms with van der Waals surface area (Å²) in [6.07, 6.45) is 5.43. The molecule has 1 aliphatic heterocycles. The van der Waals surface area contributed by atoms with E-state index in [0.29, 0.717) is 41.5 Å². The number of aldehydes is 1. The topological polar surface area (TPSA) is 145 Å². The van der Waals surface area contributed by atoms with Gasteiger partial charge in [0.2, 0.25) is 0 Å². The highest BCUT2D eigenvalue weighted by Gasteiger charge is 2.26. The number of nitrogen functional groups attached to an aromatic ring is 1. The molecule has 1 aromatic carbocycles. The third-order valence-corrected chi connectivity index (χ3v) is 7.65. The molecule has 0 amide bonds. The van der Waals surface area contributed by atoms with E-state index in [1.165, 1.54) is 22.5 Å². The zero-order chi connectivity index (χ0) is 24.8. The van der Waals surface area contributed by atoms with Crippen molar-refractivity contribution in [3.05, 3.63) is 46.0 Å². The molecule has 0 bridgehead atoms. The van der Waals surface area contributed by atoms with Crippen LogP contribution in [0.1, 0.15) is 48.6 Å². The Morgan fingerprint density at radius 3 is 2.83 bits per heavy atom. The van der Waals surface area contributed by atoms with Gasteiger partial charge >= 0.3 is 0 Å². The van der Waals surface area contributed by atoms with Gasteiger partial charge in [0, 0.05) is 29.4 Å². The van der Waals surface area contributed by atoms with E-state index in [1.54, 1.807) is 5.38 Å². The molecular weight excluding hydrogens is 462 g/mol. The van der Waals surface area contributed by atoms with Gasteiger partial charge < -0.3 is 26.9 Å². The summed E-state index contributed by atoms with van der Waals surface area (Å²) in [6.45, 7) is 5.69. The minimum absolute atomic E-state index is 0.135. The highest BCUT2D eigenvalue weighted by Crippen LogP contribution is 2.30. The lowest BCUT2D eigenvalue weighted by Gasteiger charge is -2.29. The number of thiazole rings is 1. The molecule has 2 aliphatic rings. The van der Waals surface area contributed by atoms with E-state index in [9.17, 15) is 4.79 Å². The number of amidine groups is 1. The molecule has 4 rings (SSSR count). The molecule has 6 N–H and O–H groups in total. The van der Waals surface area contributed by atoms with Gasteiger partial charge in [-0.3, -0.25) is 9.79 Å². The first-order valence-corrected chi connectivity index (χ1v) is 13.1. The number of carbonyl (C=O) groups is 1. The van der Waals surface area contributed by atoms with E-state index in [4.69, 9.17) is 22.0 Å². The molecule has 0 saturated carbocycles. The van der Waals surface area contributed by atoms with Crippen molar-refractivity contribution in [2.45, 2.75) is 51.2 Å². The first-order valence-electron chi connectivity index (χ1n) is 12.2. The first-order chi connectivity index (χ1) is 16.9. The van der Waals surface area contributed by atoms with Crippen molar-refractivity contribution in [1.29, 1.82) is 0 Å². The van der Waals surface area contributed by atoms with Gasteiger partial charge in [0.15, 0.2) is 17.1 Å². The molecule has 9 nitrogen and oxygen atoms in total. The molecule has 2 atom stereocenters. The minimum Gasteiger partial charge on any atom is -0.392 e. The summed E-state index contributed by atoms with van der Waals surface area (Å²) in [6, 6.07) is 6.72. The molecule has 0 radical (unpaired) electrons. The number of benzene rings is 1. The monoisotopic (exact) mass is 497 g/mol. The fourth-order valence-electron chi connectivity index (χ4n) is 4.68. The highest BCUT2D eigenvalue weighted by atomic mass is 32.1. The second kappa shape index (κ2) is 11.7. The second-order valence-corrected chi connectivity index (χ2v) is 10.3. The predicted molar refractivity (Wildman–Crippen MR) is 141 cm³/mol. The number of aliphatic imine (C=N–C) groups is 1. The number of nitrogens with two attached hydrogens (primary N) is 3. The number of aromatic nitrogens is 1. The first kappa shape index (κ1) is 25.3. The maximum atomic E-state index is 11.4. The Bertz CT molecular complexity index is 1080. The fraction of sp³-hybridized carbons (Fsp3) is 0.520. The van der Waals surface area contributed by atoms with Crippen LogP contribution in [-0.2, 0) is 22.5 Å². The van der Waals surface area contributed by atoms with Crippen molar-refractivity contribution in [2.24, 2.45) is 27.5 Å². The van der Waals surface area contributed by atoms with Gasteiger partial charge in [-0.2, -0.15) is 0 Å². The number of nitrogens with zero attached hydrogens (tertiary/aromatic N) is 4. The second-order valence-electron chi connectivity index (χ2n) is 9.41. The lowest BCUT2D eigenvalue weighted by atomic mass is 9.81. The smallest absolute Gasteiger partial charge is 0.180 e. The highest BCUT2D eigenvalue weighted by molar-refractivity contribution is 7.13. The van der Waals surface area contributed by atoms with Crippen molar-refractivity contribution < 1.29 is 9.63 Å². The van der Waals surface area contributed by atoms with Crippen LogP contribution in [0.2, 0.25) is 0 Å². The van der Waals surface area contributed by atoms with Crippen LogP contribution in [0.25, 0.3) is 0 Å². The zero-order valence-corrected chi connectivity index (χ0v) is 21.0. The minimum atomic E-state index is -0.135. The molecule has 1 saturated heterocycles. The number of aryl methyl sites for hydroxylation is 1. The Labute approximate surface area is 210 Å². The van der Waals surface area contributed by atoms with Gasteiger partial charge in [0.1, 0.15) is 17.6 Å². The lowest BCUT2D eigenvalue weighted by molar-refractivity contribution is -0.102. The van der Waals surface area contributed by atoms with Crippen LogP contribution in [0.5, 0.6) is 0 Å². The number of rotatable bonds is 9. The molecule has 2 heterocycles. The van der Waals surface area contributed by atoms with Crippen molar-refractivity contribution >= 4 is 34.3 Å². The number of likely N-dealkylation sites (tertiary alicyclic amines) is 1. The SMILES string of the molecule is CC(O/N=C(\C=O)c1csc(N)n1)C1CCc2cc(C(N)=NCCN3CCC(N)CC3)ccc2C1. The van der Waals surface area contributed by atoms with Crippen LogP contribution in [0.15, 0.2) is 33.7 Å². The summed E-state index contributed by atoms with van der Waals surface area (Å²) in [5.41, 5.74) is 22.1. The lowest BCUT2D eigenvalue weighted by Crippen LogP contribution is -2.40. The molecular formula is C25H35N7O2S. The summed E-state index contributed by atoms with van der Waals surface area (Å²) in [7, 11) is 0. The summed E-state index contributed by atoms with van der Waals surface area (Å²) in [4.78, 5) is 28.2. The van der Waals surface area contributed by atoms with Crippen LogP contribution in [0.3, 0.4) is 0 Å². The number of hydrogen-bond acceptors (Lipinski definition) is 9. The van der Waals surface area contributed by atoms with Crippen LogP contribution < -0.4 is 17.2 Å². The van der Waals surface area contributed by atoms with Crippen LogP contribution in [-0.4, -0.2) is 66.0 Å². The maximum Gasteiger partial charge on any atom is 0.180 e. The normalized spacial score (nSPS) is 20.9. The Morgan fingerprint density at radius 2 is 2.11 bits per heavy atom. The Balaban J connectivity index is 1.31. The van der Waals surface area contributed by atoms with Gasteiger partial charge in [0.25, 0.3) is 0 Å². The number of piperidine rings is 1. The van der Waals surface area contributed by atoms with Crippen molar-refractivity contribution in [3.8, 4) is 0 Å². The zero-order valence-electron chi connectivity index (χ0n) is 20.2. The summed E-state index contributed by atoms with van der Waals surface area (Å²) in [5, 5.41) is 6.15. The quantitative estimate of drug-likeness (QED) is 0.208. The van der Waals surface area contributed by atoms with Crippen LogP contribution in [0.4, 0.5) is 5.13 Å².